The Labute approximate surface area is 385 Å². The number of ether oxygens (including phenoxy) is 1. The number of benzene rings is 3. The first-order chi connectivity index (χ1) is 30.3. The van der Waals surface area contributed by atoms with Crippen LogP contribution in [0.5, 0.6) is 0 Å². The summed E-state index contributed by atoms with van der Waals surface area (Å²) in [6.45, 7) is 16.4. The van der Waals surface area contributed by atoms with E-state index >= 15 is 4.79 Å². The average molecular weight is 915 g/mol. The van der Waals surface area contributed by atoms with Crippen LogP contribution in [0.15, 0.2) is 78.9 Å². The summed E-state index contributed by atoms with van der Waals surface area (Å²) in [6, 6.07) is 20.3. The van der Waals surface area contributed by atoms with E-state index in [1.54, 1.807) is 20.8 Å². The Bertz CT molecular complexity index is 2220. The normalized spacial score (nSPS) is 22.2. The Balaban J connectivity index is 1.63. The number of allylic oxidation sites excluding steroid dienone is 2. The number of nitrogens with two attached hydrogens (primary N) is 1. The van der Waals surface area contributed by atoms with Gasteiger partial charge in [-0.15, -0.1) is 0 Å². The number of carbonyl (C=O) groups excluding carboxylic acids is 5. The molecule has 1 saturated carbocycles. The number of amides is 4. The summed E-state index contributed by atoms with van der Waals surface area (Å²) >= 11 is 0. The van der Waals surface area contributed by atoms with Crippen LogP contribution in [0, 0.1) is 11.8 Å². The first kappa shape index (κ1) is 51.1. The fourth-order valence-corrected chi connectivity index (χ4v) is 11.3. The molecule has 1 spiro atoms. The summed E-state index contributed by atoms with van der Waals surface area (Å²) in [5.74, 6) is -4.98. The van der Waals surface area contributed by atoms with Gasteiger partial charge < -0.3 is 35.5 Å². The lowest BCUT2D eigenvalue weighted by Gasteiger charge is -2.39. The highest BCUT2D eigenvalue weighted by molar-refractivity contribution is 7.53. The second-order valence-electron chi connectivity index (χ2n) is 20.8. The van der Waals surface area contributed by atoms with Crippen molar-refractivity contribution >= 4 is 48.0 Å². The second kappa shape index (κ2) is 21.2. The maximum atomic E-state index is 15.1. The summed E-state index contributed by atoms with van der Waals surface area (Å²) in [5.41, 5.74) is 4.33. The molecule has 13 nitrogen and oxygen atoms in total. The first-order valence-electron chi connectivity index (χ1n) is 23.0. The lowest BCUT2D eigenvalue weighted by Crippen LogP contribution is -2.64. The monoisotopic (exact) mass is 914 g/mol. The Kier molecular flexibility index (Phi) is 16.7. The number of hydrogen-bond acceptors (Lipinski definition) is 9. The van der Waals surface area contributed by atoms with E-state index in [0.29, 0.717) is 36.8 Å². The molecule has 0 aromatic heterocycles. The van der Waals surface area contributed by atoms with E-state index in [9.17, 15) is 23.7 Å². The van der Waals surface area contributed by atoms with Gasteiger partial charge in [0.05, 0.1) is 36.1 Å². The fraction of sp³-hybridized carbons (Fsp3) is 0.549. The Morgan fingerprint density at radius 2 is 1.42 bits per heavy atom. The number of primary amides is 1. The molecule has 3 aromatic rings. The van der Waals surface area contributed by atoms with Crippen LogP contribution in [-0.4, -0.2) is 64.5 Å². The van der Waals surface area contributed by atoms with E-state index in [1.807, 2.05) is 108 Å². The van der Waals surface area contributed by atoms with Gasteiger partial charge in [-0.05, 0) is 121 Å². The van der Waals surface area contributed by atoms with Gasteiger partial charge in [0, 0.05) is 12.5 Å². The summed E-state index contributed by atoms with van der Waals surface area (Å²) < 4.78 is 32.3. The standard InChI is InChI=1S/C51H71N4O9P/c1-48(2,3)62-44(57)30-41-40(37-25-23-34(24-26-37)33-65(61,63-49(4,5)6)64-50(7,8)9)22-15-17-35(29-38-20-16-19-36-18-11-12-21-39(36)38)32-53-46(59)42(31-43(52)56)54-47(60)51(55-45(41)58)27-13-10-14-28-51/h11-12,15-16,18-26,35,40-42H,10,13-14,17,27-33H2,1-9H3,(H2,52,56)(H,53,59)(H,54,60)(H,55,58)/b22-15+/t35-,40+,41-,42-/m0/s1. The molecule has 0 bridgehead atoms. The van der Waals surface area contributed by atoms with Crippen molar-refractivity contribution in [2.45, 2.75) is 161 Å². The molecule has 0 saturated heterocycles. The number of fused-ring (bicyclic) bond motifs is 1. The van der Waals surface area contributed by atoms with Gasteiger partial charge >= 0.3 is 13.6 Å². The molecule has 1 aliphatic carbocycles. The Morgan fingerprint density at radius 3 is 2.03 bits per heavy atom. The van der Waals surface area contributed by atoms with E-state index in [1.165, 1.54) is 0 Å². The Morgan fingerprint density at radius 1 is 0.785 bits per heavy atom. The van der Waals surface area contributed by atoms with Crippen LogP contribution in [0.25, 0.3) is 10.8 Å². The van der Waals surface area contributed by atoms with Crippen molar-refractivity contribution in [3.8, 4) is 0 Å². The Hall–Kier alpha value is -4.84. The third kappa shape index (κ3) is 15.4. The van der Waals surface area contributed by atoms with E-state index in [2.05, 4.69) is 28.1 Å². The van der Waals surface area contributed by atoms with Gasteiger partial charge in [-0.25, -0.2) is 0 Å². The highest BCUT2D eigenvalue weighted by atomic mass is 31.2. The van der Waals surface area contributed by atoms with Gasteiger partial charge in [-0.1, -0.05) is 98.1 Å². The van der Waals surface area contributed by atoms with Gasteiger partial charge in [-0.3, -0.25) is 28.5 Å². The molecular weight excluding hydrogens is 844 g/mol. The second-order valence-corrected chi connectivity index (χ2v) is 22.7. The molecular formula is C51H71N4O9P. The molecule has 354 valence electrons. The van der Waals surface area contributed by atoms with Gasteiger partial charge in [0.15, 0.2) is 0 Å². The summed E-state index contributed by atoms with van der Waals surface area (Å²) in [6.07, 6.45) is 6.84. The van der Waals surface area contributed by atoms with Crippen LogP contribution in [0.4, 0.5) is 0 Å². The molecule has 4 amide bonds. The summed E-state index contributed by atoms with van der Waals surface area (Å²) in [7, 11) is -3.66. The highest BCUT2D eigenvalue weighted by Gasteiger charge is 2.45. The van der Waals surface area contributed by atoms with Crippen LogP contribution in [0.2, 0.25) is 0 Å². The minimum absolute atomic E-state index is 0.0000959. The van der Waals surface area contributed by atoms with Gasteiger partial charge in [0.25, 0.3) is 0 Å². The fourth-order valence-electron chi connectivity index (χ4n) is 8.82. The van der Waals surface area contributed by atoms with Crippen molar-refractivity contribution in [2.75, 3.05) is 6.54 Å². The molecule has 65 heavy (non-hydrogen) atoms. The van der Waals surface area contributed by atoms with Gasteiger partial charge in [-0.2, -0.15) is 0 Å². The van der Waals surface area contributed by atoms with E-state index < -0.39 is 83.8 Å². The number of rotatable bonds is 11. The molecule has 0 radical (unpaired) electrons. The van der Waals surface area contributed by atoms with E-state index in [4.69, 9.17) is 19.5 Å². The molecule has 3 aromatic carbocycles. The zero-order valence-electron chi connectivity index (χ0n) is 39.8. The third-order valence-corrected chi connectivity index (χ3v) is 13.8. The third-order valence-electron chi connectivity index (χ3n) is 11.4. The summed E-state index contributed by atoms with van der Waals surface area (Å²) in [4.78, 5) is 69.7. The number of esters is 1. The van der Waals surface area contributed by atoms with E-state index in [-0.39, 0.29) is 37.9 Å². The minimum atomic E-state index is -3.66. The topological polar surface area (TPSA) is 192 Å². The van der Waals surface area contributed by atoms with Crippen LogP contribution >= 0.6 is 7.60 Å². The van der Waals surface area contributed by atoms with Crippen LogP contribution in [0.1, 0.15) is 136 Å². The van der Waals surface area contributed by atoms with Crippen molar-refractivity contribution in [1.82, 2.24) is 16.0 Å². The lowest BCUT2D eigenvalue weighted by atomic mass is 9.78. The minimum Gasteiger partial charge on any atom is -0.460 e. The largest absolute Gasteiger partial charge is 0.460 e. The molecule has 2 aliphatic rings. The van der Waals surface area contributed by atoms with E-state index in [0.717, 1.165) is 22.8 Å². The zero-order valence-corrected chi connectivity index (χ0v) is 40.7. The zero-order chi connectivity index (χ0) is 47.8. The maximum Gasteiger partial charge on any atom is 0.336 e. The van der Waals surface area contributed by atoms with Crippen LogP contribution in [0.3, 0.4) is 0 Å². The first-order valence-corrected chi connectivity index (χ1v) is 24.7. The average Bonchev–Trinajstić information content (AvgIpc) is 3.18. The van der Waals surface area contributed by atoms with Gasteiger partial charge in [0.1, 0.15) is 17.2 Å². The number of hydrogen-bond donors (Lipinski definition) is 4. The van der Waals surface area contributed by atoms with Crippen molar-refractivity contribution in [3.63, 3.8) is 0 Å². The molecule has 5 rings (SSSR count). The van der Waals surface area contributed by atoms with Gasteiger partial charge in [0.2, 0.25) is 23.6 Å². The molecule has 14 heteroatoms. The lowest BCUT2D eigenvalue weighted by molar-refractivity contribution is -0.157. The predicted octanol–water partition coefficient (Wildman–Crippen LogP) is 8.71. The number of carbonyl (C=O) groups is 5. The molecule has 4 atom stereocenters. The van der Waals surface area contributed by atoms with Crippen LogP contribution < -0.4 is 21.7 Å². The van der Waals surface area contributed by atoms with Crippen molar-refractivity contribution in [3.05, 3.63) is 95.6 Å². The molecule has 0 unspecified atom stereocenters. The molecule has 5 N–H and O–H groups in total. The van der Waals surface area contributed by atoms with Crippen molar-refractivity contribution < 1.29 is 42.3 Å². The SMILES string of the molecule is CC(C)(C)OC(=O)C[C@@H]1C(=O)NC2(CCCCC2)C(=O)N[C@@H](CC(N)=O)C(=O)NC[C@H](Cc2cccc3ccccc23)C/C=C/[C@@H]1c1ccc(CP(=O)(OC(C)(C)C)OC(C)(C)C)cc1. The quantitative estimate of drug-likeness (QED) is 0.0828. The molecule has 1 heterocycles. The smallest absolute Gasteiger partial charge is 0.336 e. The molecule has 1 fully saturated rings. The van der Waals surface area contributed by atoms with Crippen molar-refractivity contribution in [2.24, 2.45) is 17.6 Å². The number of nitrogens with one attached hydrogen (secondary N) is 3. The summed E-state index contributed by atoms with van der Waals surface area (Å²) in [5, 5.41) is 11.1. The van der Waals surface area contributed by atoms with Crippen LogP contribution in [-0.2, 0) is 54.9 Å². The maximum absolute atomic E-state index is 15.1. The highest BCUT2D eigenvalue weighted by Crippen LogP contribution is 2.57. The van der Waals surface area contributed by atoms with Crippen molar-refractivity contribution in [1.29, 1.82) is 0 Å². The molecule has 1 aliphatic heterocycles. The predicted molar refractivity (Wildman–Crippen MR) is 254 cm³/mol.